The fourth-order valence-corrected chi connectivity index (χ4v) is 4.41. The van der Waals surface area contributed by atoms with Crippen LogP contribution in [0.15, 0.2) is 23.0 Å². The third-order valence-corrected chi connectivity index (χ3v) is 5.51. The Balaban J connectivity index is 1.38. The van der Waals surface area contributed by atoms with Gasteiger partial charge in [-0.25, -0.2) is 0 Å². The van der Waals surface area contributed by atoms with Crippen LogP contribution in [0.25, 0.3) is 0 Å². The van der Waals surface area contributed by atoms with E-state index in [2.05, 4.69) is 15.9 Å². The van der Waals surface area contributed by atoms with Crippen molar-refractivity contribution in [3.05, 3.63) is 24.2 Å². The zero-order valence-electron chi connectivity index (χ0n) is 12.8. The number of hydrogen-bond acceptors (Lipinski definition) is 4. The van der Waals surface area contributed by atoms with Gasteiger partial charge in [-0.3, -0.25) is 4.90 Å². The molecule has 1 aromatic rings. The second kappa shape index (κ2) is 5.75. The first kappa shape index (κ1) is 13.8. The van der Waals surface area contributed by atoms with E-state index in [1.165, 1.54) is 50.8 Å². The standard InChI is InChI=1S/C17H26N2O2/c1-2-7-19(6-1)16-4-10-21-17(11-16)5-8-18(14-17)12-15-3-9-20-13-15/h3,9,13,16H,1-2,4-8,10-12,14H2/t16-,17-/m0/s1. The van der Waals surface area contributed by atoms with Crippen LogP contribution in [-0.2, 0) is 11.3 Å². The molecule has 116 valence electrons. The highest BCUT2D eigenvalue weighted by atomic mass is 16.5. The molecule has 3 aliphatic rings. The molecule has 0 aliphatic carbocycles. The Hall–Kier alpha value is -0.840. The Morgan fingerprint density at radius 1 is 1.24 bits per heavy atom. The van der Waals surface area contributed by atoms with Crippen LogP contribution in [0, 0.1) is 0 Å². The van der Waals surface area contributed by atoms with Crippen molar-refractivity contribution >= 4 is 0 Å². The minimum atomic E-state index is 0.120. The zero-order valence-corrected chi connectivity index (χ0v) is 12.8. The van der Waals surface area contributed by atoms with E-state index >= 15 is 0 Å². The van der Waals surface area contributed by atoms with Crippen molar-refractivity contribution in [1.29, 1.82) is 0 Å². The van der Waals surface area contributed by atoms with Crippen molar-refractivity contribution in [3.63, 3.8) is 0 Å². The van der Waals surface area contributed by atoms with Crippen molar-refractivity contribution < 1.29 is 9.15 Å². The van der Waals surface area contributed by atoms with Gasteiger partial charge in [0, 0.05) is 37.8 Å². The normalized spacial score (nSPS) is 35.0. The highest BCUT2D eigenvalue weighted by molar-refractivity contribution is 5.07. The molecule has 0 N–H and O–H groups in total. The van der Waals surface area contributed by atoms with Crippen LogP contribution < -0.4 is 0 Å². The molecule has 0 saturated carbocycles. The lowest BCUT2D eigenvalue weighted by Crippen LogP contribution is -2.49. The second-order valence-electron chi connectivity index (χ2n) is 7.01. The zero-order chi connectivity index (χ0) is 14.1. The summed E-state index contributed by atoms with van der Waals surface area (Å²) in [7, 11) is 0. The summed E-state index contributed by atoms with van der Waals surface area (Å²) in [6.07, 6.45) is 10.0. The van der Waals surface area contributed by atoms with E-state index in [-0.39, 0.29) is 5.60 Å². The highest BCUT2D eigenvalue weighted by Gasteiger charge is 2.44. The van der Waals surface area contributed by atoms with Gasteiger partial charge in [0.2, 0.25) is 0 Å². The maximum absolute atomic E-state index is 6.27. The molecule has 4 heteroatoms. The van der Waals surface area contributed by atoms with Gasteiger partial charge >= 0.3 is 0 Å². The van der Waals surface area contributed by atoms with E-state index in [0.29, 0.717) is 0 Å². The number of furan rings is 1. The first-order chi connectivity index (χ1) is 10.3. The Morgan fingerprint density at radius 2 is 2.14 bits per heavy atom. The summed E-state index contributed by atoms with van der Waals surface area (Å²) in [5.74, 6) is 0. The molecule has 4 heterocycles. The molecular formula is C17H26N2O2. The van der Waals surface area contributed by atoms with Crippen molar-refractivity contribution in [3.8, 4) is 0 Å². The molecule has 1 aromatic heterocycles. The van der Waals surface area contributed by atoms with Gasteiger partial charge in [0.15, 0.2) is 0 Å². The summed E-state index contributed by atoms with van der Waals surface area (Å²) in [5.41, 5.74) is 1.40. The largest absolute Gasteiger partial charge is 0.472 e. The third kappa shape index (κ3) is 2.89. The molecule has 0 bridgehead atoms. The Labute approximate surface area is 127 Å². The van der Waals surface area contributed by atoms with E-state index in [1.54, 1.807) is 6.26 Å². The maximum Gasteiger partial charge on any atom is 0.0947 e. The molecule has 4 rings (SSSR count). The first-order valence-electron chi connectivity index (χ1n) is 8.44. The molecular weight excluding hydrogens is 264 g/mol. The average Bonchev–Trinajstić information content (AvgIpc) is 3.22. The molecule has 2 atom stereocenters. The molecule has 21 heavy (non-hydrogen) atoms. The molecule has 1 spiro atoms. The van der Waals surface area contributed by atoms with E-state index < -0.39 is 0 Å². The quantitative estimate of drug-likeness (QED) is 0.855. The summed E-state index contributed by atoms with van der Waals surface area (Å²) in [5, 5.41) is 0. The Morgan fingerprint density at radius 3 is 2.95 bits per heavy atom. The second-order valence-corrected chi connectivity index (χ2v) is 7.01. The van der Waals surface area contributed by atoms with Crippen molar-refractivity contribution in [2.45, 2.75) is 50.3 Å². The molecule has 0 aromatic carbocycles. The van der Waals surface area contributed by atoms with Crippen LogP contribution in [0.4, 0.5) is 0 Å². The number of hydrogen-bond donors (Lipinski definition) is 0. The van der Waals surface area contributed by atoms with Crippen LogP contribution in [0.2, 0.25) is 0 Å². The van der Waals surface area contributed by atoms with Gasteiger partial charge in [0.05, 0.1) is 18.1 Å². The smallest absolute Gasteiger partial charge is 0.0947 e. The van der Waals surface area contributed by atoms with Gasteiger partial charge in [-0.1, -0.05) is 0 Å². The Kier molecular flexibility index (Phi) is 3.78. The van der Waals surface area contributed by atoms with Crippen LogP contribution in [0.5, 0.6) is 0 Å². The number of likely N-dealkylation sites (tertiary alicyclic amines) is 2. The highest BCUT2D eigenvalue weighted by Crippen LogP contribution is 2.37. The number of rotatable bonds is 3. The number of ether oxygens (including phenoxy) is 1. The monoisotopic (exact) mass is 290 g/mol. The lowest BCUT2D eigenvalue weighted by molar-refractivity contribution is -0.0961. The van der Waals surface area contributed by atoms with Crippen LogP contribution in [0.1, 0.15) is 37.7 Å². The molecule has 4 nitrogen and oxygen atoms in total. The predicted molar refractivity (Wildman–Crippen MR) is 81.1 cm³/mol. The summed E-state index contributed by atoms with van der Waals surface area (Å²) in [6.45, 7) is 6.79. The van der Waals surface area contributed by atoms with Gasteiger partial charge in [-0.15, -0.1) is 0 Å². The van der Waals surface area contributed by atoms with Crippen LogP contribution >= 0.6 is 0 Å². The van der Waals surface area contributed by atoms with Crippen LogP contribution in [0.3, 0.4) is 0 Å². The first-order valence-corrected chi connectivity index (χ1v) is 8.44. The van der Waals surface area contributed by atoms with Gasteiger partial charge in [0.1, 0.15) is 0 Å². The Bertz CT molecular complexity index is 455. The van der Waals surface area contributed by atoms with Gasteiger partial charge in [-0.2, -0.15) is 0 Å². The lowest BCUT2D eigenvalue weighted by atomic mass is 9.89. The van der Waals surface area contributed by atoms with E-state index in [1.807, 2.05) is 6.26 Å². The third-order valence-electron chi connectivity index (χ3n) is 5.51. The van der Waals surface area contributed by atoms with Crippen molar-refractivity contribution in [1.82, 2.24) is 9.80 Å². The summed E-state index contributed by atoms with van der Waals surface area (Å²) in [6, 6.07) is 2.83. The summed E-state index contributed by atoms with van der Waals surface area (Å²) < 4.78 is 11.5. The minimum absolute atomic E-state index is 0.120. The van der Waals surface area contributed by atoms with E-state index in [4.69, 9.17) is 9.15 Å². The van der Waals surface area contributed by atoms with Crippen molar-refractivity contribution in [2.24, 2.45) is 0 Å². The van der Waals surface area contributed by atoms with Crippen LogP contribution in [-0.4, -0.2) is 54.2 Å². The molecule has 0 amide bonds. The molecule has 0 radical (unpaired) electrons. The van der Waals surface area contributed by atoms with Crippen molar-refractivity contribution in [2.75, 3.05) is 32.8 Å². The topological polar surface area (TPSA) is 28.9 Å². The lowest BCUT2D eigenvalue weighted by Gasteiger charge is -2.41. The molecule has 3 fully saturated rings. The molecule has 3 aliphatic heterocycles. The SMILES string of the molecule is c1cc(CN2CC[C@]3(C[C@@H](N4CCCC4)CCO3)C2)co1. The van der Waals surface area contributed by atoms with E-state index in [9.17, 15) is 0 Å². The number of nitrogens with zero attached hydrogens (tertiary/aromatic N) is 2. The van der Waals surface area contributed by atoms with Gasteiger partial charge in [-0.05, 0) is 51.3 Å². The summed E-state index contributed by atoms with van der Waals surface area (Å²) >= 11 is 0. The minimum Gasteiger partial charge on any atom is -0.472 e. The fourth-order valence-electron chi connectivity index (χ4n) is 4.41. The molecule has 3 saturated heterocycles. The van der Waals surface area contributed by atoms with Gasteiger partial charge in [0.25, 0.3) is 0 Å². The maximum atomic E-state index is 6.27. The van der Waals surface area contributed by atoms with Gasteiger partial charge < -0.3 is 14.1 Å². The average molecular weight is 290 g/mol. The van der Waals surface area contributed by atoms with E-state index in [0.717, 1.165) is 32.3 Å². The summed E-state index contributed by atoms with van der Waals surface area (Å²) in [4.78, 5) is 5.24. The predicted octanol–water partition coefficient (Wildman–Crippen LogP) is 2.50. The fraction of sp³-hybridized carbons (Fsp3) is 0.765. The molecule has 0 unspecified atom stereocenters.